The Bertz CT molecular complexity index is 65.9. The molecular formula is C7H19N3. The number of hydrogen-bond donors (Lipinski definition) is 3. The minimum absolute atomic E-state index is 0.563. The second-order valence-corrected chi connectivity index (χ2v) is 2.49. The van der Waals surface area contributed by atoms with Crippen LogP contribution in [0.2, 0.25) is 0 Å². The van der Waals surface area contributed by atoms with Crippen LogP contribution in [0, 0.1) is 0 Å². The first-order valence-corrected chi connectivity index (χ1v) is 3.92. The summed E-state index contributed by atoms with van der Waals surface area (Å²) in [5.41, 5.74) is 10.8. The van der Waals surface area contributed by atoms with Crippen molar-refractivity contribution < 1.29 is 0 Å². The summed E-state index contributed by atoms with van der Waals surface area (Å²) >= 11 is 0. The molecule has 0 heterocycles. The van der Waals surface area contributed by atoms with E-state index in [1.165, 1.54) is 0 Å². The lowest BCUT2D eigenvalue weighted by Gasteiger charge is -2.13. The van der Waals surface area contributed by atoms with Crippen LogP contribution in [0.3, 0.4) is 0 Å². The normalized spacial score (nSPS) is 13.5. The Morgan fingerprint density at radius 3 is 2.30 bits per heavy atom. The fraction of sp³-hybridized carbons (Fsp3) is 1.00. The van der Waals surface area contributed by atoms with Crippen LogP contribution in [0.5, 0.6) is 0 Å². The van der Waals surface area contributed by atoms with Gasteiger partial charge in [0.1, 0.15) is 0 Å². The molecule has 0 radical (unpaired) electrons. The molecule has 0 saturated carbocycles. The van der Waals surface area contributed by atoms with Crippen molar-refractivity contribution in [3.05, 3.63) is 0 Å². The fourth-order valence-electron chi connectivity index (χ4n) is 0.998. The van der Waals surface area contributed by atoms with Crippen molar-refractivity contribution in [2.45, 2.75) is 25.3 Å². The fourth-order valence-corrected chi connectivity index (χ4v) is 0.998. The van der Waals surface area contributed by atoms with Gasteiger partial charge in [0.15, 0.2) is 0 Å². The smallest absolute Gasteiger partial charge is 0.00765 e. The largest absolute Gasteiger partial charge is 0.330 e. The maximum atomic E-state index is 5.41. The minimum Gasteiger partial charge on any atom is -0.330 e. The zero-order valence-corrected chi connectivity index (χ0v) is 6.77. The summed E-state index contributed by atoms with van der Waals surface area (Å²) in [5, 5.41) is 3.20. The van der Waals surface area contributed by atoms with Crippen LogP contribution in [-0.4, -0.2) is 26.2 Å². The molecule has 1 atom stereocenters. The Morgan fingerprint density at radius 2 is 1.90 bits per heavy atom. The molecule has 0 saturated heterocycles. The van der Waals surface area contributed by atoms with Gasteiger partial charge in [-0.3, -0.25) is 0 Å². The van der Waals surface area contributed by atoms with Gasteiger partial charge in [0, 0.05) is 6.04 Å². The molecule has 1 unspecified atom stereocenters. The van der Waals surface area contributed by atoms with Crippen LogP contribution >= 0.6 is 0 Å². The molecule has 0 aromatic carbocycles. The Balaban J connectivity index is 3.21. The van der Waals surface area contributed by atoms with Crippen LogP contribution < -0.4 is 16.8 Å². The van der Waals surface area contributed by atoms with Gasteiger partial charge in [-0.2, -0.15) is 0 Å². The molecule has 0 aliphatic carbocycles. The van der Waals surface area contributed by atoms with Gasteiger partial charge in [-0.25, -0.2) is 0 Å². The highest BCUT2D eigenvalue weighted by Crippen LogP contribution is 1.98. The summed E-state index contributed by atoms with van der Waals surface area (Å²) in [6.45, 7) is 1.54. The predicted molar refractivity (Wildman–Crippen MR) is 44.8 cm³/mol. The van der Waals surface area contributed by atoms with Crippen LogP contribution in [0.1, 0.15) is 19.3 Å². The SMILES string of the molecule is CNC(CCN)CCCN. The van der Waals surface area contributed by atoms with Crippen LogP contribution in [0.25, 0.3) is 0 Å². The van der Waals surface area contributed by atoms with E-state index in [0.29, 0.717) is 6.04 Å². The summed E-state index contributed by atoms with van der Waals surface area (Å²) in [4.78, 5) is 0. The molecule has 0 aromatic rings. The average Bonchev–Trinajstić information content (AvgIpc) is 1.98. The molecule has 0 aromatic heterocycles. The van der Waals surface area contributed by atoms with E-state index in [9.17, 15) is 0 Å². The maximum Gasteiger partial charge on any atom is 0.00765 e. The number of nitrogens with one attached hydrogen (secondary N) is 1. The Labute approximate surface area is 63.2 Å². The van der Waals surface area contributed by atoms with Gasteiger partial charge in [-0.1, -0.05) is 0 Å². The van der Waals surface area contributed by atoms with Crippen LogP contribution in [0.4, 0.5) is 0 Å². The lowest BCUT2D eigenvalue weighted by Crippen LogP contribution is -2.28. The Kier molecular flexibility index (Phi) is 6.91. The maximum absolute atomic E-state index is 5.41. The molecule has 5 N–H and O–H groups in total. The first-order chi connectivity index (χ1) is 4.85. The summed E-state index contributed by atoms with van der Waals surface area (Å²) in [5.74, 6) is 0. The predicted octanol–water partition coefficient (Wildman–Crippen LogP) is -0.338. The lowest BCUT2D eigenvalue weighted by atomic mass is 10.1. The Morgan fingerprint density at radius 1 is 1.20 bits per heavy atom. The van der Waals surface area contributed by atoms with E-state index in [-0.39, 0.29) is 0 Å². The average molecular weight is 145 g/mol. The highest BCUT2D eigenvalue weighted by molar-refractivity contribution is 4.64. The zero-order chi connectivity index (χ0) is 7.82. The van der Waals surface area contributed by atoms with E-state index in [0.717, 1.165) is 32.4 Å². The molecule has 0 spiro atoms. The highest BCUT2D eigenvalue weighted by Gasteiger charge is 2.01. The van der Waals surface area contributed by atoms with E-state index < -0.39 is 0 Å². The summed E-state index contributed by atoms with van der Waals surface area (Å²) in [7, 11) is 1.97. The molecule has 62 valence electrons. The molecule has 0 aliphatic heterocycles. The molecule has 10 heavy (non-hydrogen) atoms. The molecule has 0 bridgehead atoms. The van der Waals surface area contributed by atoms with Crippen LogP contribution in [-0.2, 0) is 0 Å². The van der Waals surface area contributed by atoms with Crippen LogP contribution in [0.15, 0.2) is 0 Å². The van der Waals surface area contributed by atoms with Crippen molar-refractivity contribution in [3.8, 4) is 0 Å². The standard InChI is InChI=1S/C7H19N3/c1-10-7(4-6-9)3-2-5-8/h7,10H,2-6,8-9H2,1H3. The third-order valence-electron chi connectivity index (χ3n) is 1.68. The third kappa shape index (κ3) is 4.73. The molecule has 3 nitrogen and oxygen atoms in total. The number of nitrogens with two attached hydrogens (primary N) is 2. The monoisotopic (exact) mass is 145 g/mol. The molecule has 0 fully saturated rings. The second-order valence-electron chi connectivity index (χ2n) is 2.49. The van der Waals surface area contributed by atoms with E-state index in [4.69, 9.17) is 11.5 Å². The molecule has 0 amide bonds. The molecular weight excluding hydrogens is 126 g/mol. The highest BCUT2D eigenvalue weighted by atomic mass is 14.9. The van der Waals surface area contributed by atoms with Crippen molar-refractivity contribution >= 4 is 0 Å². The van der Waals surface area contributed by atoms with Crippen molar-refractivity contribution in [2.24, 2.45) is 11.5 Å². The van der Waals surface area contributed by atoms with E-state index >= 15 is 0 Å². The molecule has 0 rings (SSSR count). The van der Waals surface area contributed by atoms with Gasteiger partial charge in [-0.15, -0.1) is 0 Å². The summed E-state index contributed by atoms with van der Waals surface area (Å²) < 4.78 is 0. The lowest BCUT2D eigenvalue weighted by molar-refractivity contribution is 0.483. The van der Waals surface area contributed by atoms with Crippen molar-refractivity contribution in [1.29, 1.82) is 0 Å². The van der Waals surface area contributed by atoms with Gasteiger partial charge in [-0.05, 0) is 39.4 Å². The zero-order valence-electron chi connectivity index (χ0n) is 6.77. The van der Waals surface area contributed by atoms with E-state index in [1.54, 1.807) is 0 Å². The number of rotatable bonds is 6. The molecule has 3 heteroatoms. The summed E-state index contributed by atoms with van der Waals surface area (Å²) in [6, 6.07) is 0.563. The first kappa shape index (κ1) is 9.88. The van der Waals surface area contributed by atoms with Gasteiger partial charge in [0.2, 0.25) is 0 Å². The number of hydrogen-bond acceptors (Lipinski definition) is 3. The van der Waals surface area contributed by atoms with Crippen molar-refractivity contribution in [3.63, 3.8) is 0 Å². The second kappa shape index (κ2) is 6.99. The Hall–Kier alpha value is -0.120. The van der Waals surface area contributed by atoms with Gasteiger partial charge in [0.25, 0.3) is 0 Å². The van der Waals surface area contributed by atoms with Gasteiger partial charge in [0.05, 0.1) is 0 Å². The van der Waals surface area contributed by atoms with E-state index in [1.807, 2.05) is 7.05 Å². The quantitative estimate of drug-likeness (QED) is 0.479. The van der Waals surface area contributed by atoms with Gasteiger partial charge < -0.3 is 16.8 Å². The first-order valence-electron chi connectivity index (χ1n) is 3.92. The topological polar surface area (TPSA) is 64.1 Å². The van der Waals surface area contributed by atoms with Crippen molar-refractivity contribution in [2.75, 3.05) is 20.1 Å². The summed E-state index contributed by atoms with van der Waals surface area (Å²) in [6.07, 6.45) is 3.28. The minimum atomic E-state index is 0.563. The van der Waals surface area contributed by atoms with E-state index in [2.05, 4.69) is 5.32 Å². The third-order valence-corrected chi connectivity index (χ3v) is 1.68. The molecule has 0 aliphatic rings. The van der Waals surface area contributed by atoms with Gasteiger partial charge >= 0.3 is 0 Å². The van der Waals surface area contributed by atoms with Crippen molar-refractivity contribution in [1.82, 2.24) is 5.32 Å².